The number of methoxy groups -OCH3 is 2. The van der Waals surface area contributed by atoms with E-state index in [0.29, 0.717) is 22.8 Å². The van der Waals surface area contributed by atoms with Gasteiger partial charge in [0.05, 0.1) is 14.2 Å². The van der Waals surface area contributed by atoms with Gasteiger partial charge in [0.1, 0.15) is 22.8 Å². The predicted molar refractivity (Wildman–Crippen MR) is 92.3 cm³/mol. The highest BCUT2D eigenvalue weighted by Gasteiger charge is 2.17. The molecule has 0 saturated heterocycles. The lowest BCUT2D eigenvalue weighted by Gasteiger charge is -2.13. The number of carbonyl (C=O) groups excluding carboxylic acids is 2. The Morgan fingerprint density at radius 1 is 0.840 bits per heavy atom. The Labute approximate surface area is 145 Å². The SMILES string of the molecule is COc1cccc(OC)c1C(=O)NCCNC(=O)Oc1ccccc1. The zero-order chi connectivity index (χ0) is 18.1. The second kappa shape index (κ2) is 9.17. The fourth-order valence-corrected chi connectivity index (χ4v) is 2.14. The van der Waals surface area contributed by atoms with Crippen LogP contribution in [0.4, 0.5) is 4.79 Å². The first-order valence-electron chi connectivity index (χ1n) is 7.65. The van der Waals surface area contributed by atoms with E-state index < -0.39 is 6.09 Å². The molecule has 0 heterocycles. The lowest BCUT2D eigenvalue weighted by Crippen LogP contribution is -2.36. The number of ether oxygens (including phenoxy) is 3. The zero-order valence-electron chi connectivity index (χ0n) is 14.1. The summed E-state index contributed by atoms with van der Waals surface area (Å²) in [5.74, 6) is 0.914. The Kier molecular flexibility index (Phi) is 6.65. The van der Waals surface area contributed by atoms with Crippen LogP contribution in [-0.2, 0) is 0 Å². The molecular formula is C18H20N2O5. The summed E-state index contributed by atoms with van der Waals surface area (Å²) in [4.78, 5) is 24.0. The number of rotatable bonds is 7. The molecular weight excluding hydrogens is 324 g/mol. The topological polar surface area (TPSA) is 85.9 Å². The highest BCUT2D eigenvalue weighted by Crippen LogP contribution is 2.27. The Morgan fingerprint density at radius 2 is 1.44 bits per heavy atom. The number of hydrogen-bond donors (Lipinski definition) is 2. The van der Waals surface area contributed by atoms with Gasteiger partial charge in [0, 0.05) is 13.1 Å². The monoisotopic (exact) mass is 344 g/mol. The van der Waals surface area contributed by atoms with Crippen LogP contribution in [0.15, 0.2) is 48.5 Å². The second-order valence-corrected chi connectivity index (χ2v) is 4.92. The van der Waals surface area contributed by atoms with Crippen molar-refractivity contribution in [2.75, 3.05) is 27.3 Å². The highest BCUT2D eigenvalue weighted by molar-refractivity contribution is 5.99. The summed E-state index contributed by atoms with van der Waals surface area (Å²) in [5.41, 5.74) is 0.305. The van der Waals surface area contributed by atoms with Crippen LogP contribution in [0.2, 0.25) is 0 Å². The van der Waals surface area contributed by atoms with Crippen LogP contribution < -0.4 is 24.8 Å². The van der Waals surface area contributed by atoms with Crippen molar-refractivity contribution in [2.45, 2.75) is 0 Å². The second-order valence-electron chi connectivity index (χ2n) is 4.92. The van der Waals surface area contributed by atoms with Crippen LogP contribution in [-0.4, -0.2) is 39.3 Å². The van der Waals surface area contributed by atoms with Crippen LogP contribution in [0.5, 0.6) is 17.2 Å². The third-order valence-corrected chi connectivity index (χ3v) is 3.29. The number of carbonyl (C=O) groups is 2. The van der Waals surface area contributed by atoms with Gasteiger partial charge in [-0.1, -0.05) is 24.3 Å². The lowest BCUT2D eigenvalue weighted by molar-refractivity contribution is 0.0947. The molecule has 7 nitrogen and oxygen atoms in total. The maximum absolute atomic E-state index is 12.3. The van der Waals surface area contributed by atoms with E-state index in [2.05, 4.69) is 10.6 Å². The van der Waals surface area contributed by atoms with Gasteiger partial charge in [0.25, 0.3) is 5.91 Å². The molecule has 25 heavy (non-hydrogen) atoms. The zero-order valence-corrected chi connectivity index (χ0v) is 14.1. The number of benzene rings is 2. The number of para-hydroxylation sites is 1. The minimum atomic E-state index is -0.588. The van der Waals surface area contributed by atoms with Crippen molar-refractivity contribution < 1.29 is 23.8 Å². The van der Waals surface area contributed by atoms with Crippen LogP contribution in [0, 0.1) is 0 Å². The van der Waals surface area contributed by atoms with Crippen molar-refractivity contribution in [2.24, 2.45) is 0 Å². The molecule has 132 valence electrons. The molecule has 0 spiro atoms. The van der Waals surface area contributed by atoms with Gasteiger partial charge in [0.15, 0.2) is 0 Å². The standard InChI is InChI=1S/C18H20N2O5/c1-23-14-9-6-10-15(24-2)16(14)17(21)19-11-12-20-18(22)25-13-7-4-3-5-8-13/h3-10H,11-12H2,1-2H3,(H,19,21)(H,20,22). The third kappa shape index (κ3) is 5.13. The fourth-order valence-electron chi connectivity index (χ4n) is 2.14. The van der Waals surface area contributed by atoms with E-state index in [-0.39, 0.29) is 19.0 Å². The van der Waals surface area contributed by atoms with Crippen LogP contribution in [0.1, 0.15) is 10.4 Å². The minimum Gasteiger partial charge on any atom is -0.496 e. The van der Waals surface area contributed by atoms with Crippen LogP contribution >= 0.6 is 0 Å². The number of amides is 2. The molecule has 0 aliphatic carbocycles. The molecule has 7 heteroatoms. The molecule has 0 aliphatic heterocycles. The van der Waals surface area contributed by atoms with Crippen molar-refractivity contribution in [3.05, 3.63) is 54.1 Å². The quantitative estimate of drug-likeness (QED) is 0.752. The summed E-state index contributed by atoms with van der Waals surface area (Å²) in [6.45, 7) is 0.443. The average molecular weight is 344 g/mol. The number of nitrogens with one attached hydrogen (secondary N) is 2. The summed E-state index contributed by atoms with van der Waals surface area (Å²) < 4.78 is 15.5. The first-order chi connectivity index (χ1) is 12.2. The molecule has 0 radical (unpaired) electrons. The lowest BCUT2D eigenvalue weighted by atomic mass is 10.1. The molecule has 0 aliphatic rings. The molecule has 2 aromatic rings. The maximum Gasteiger partial charge on any atom is 0.412 e. The van der Waals surface area contributed by atoms with Gasteiger partial charge < -0.3 is 24.8 Å². The van der Waals surface area contributed by atoms with Crippen molar-refractivity contribution in [1.29, 1.82) is 0 Å². The van der Waals surface area contributed by atoms with E-state index >= 15 is 0 Å². The summed E-state index contributed by atoms with van der Waals surface area (Å²) in [6, 6.07) is 13.8. The van der Waals surface area contributed by atoms with E-state index in [1.807, 2.05) is 6.07 Å². The van der Waals surface area contributed by atoms with Gasteiger partial charge in [-0.3, -0.25) is 4.79 Å². The van der Waals surface area contributed by atoms with Crippen LogP contribution in [0.3, 0.4) is 0 Å². The Morgan fingerprint density at radius 3 is 2.04 bits per heavy atom. The Hall–Kier alpha value is -3.22. The molecule has 0 aromatic heterocycles. The van der Waals surface area contributed by atoms with Crippen molar-refractivity contribution in [3.63, 3.8) is 0 Å². The molecule has 0 bridgehead atoms. The Balaban J connectivity index is 1.82. The van der Waals surface area contributed by atoms with E-state index in [4.69, 9.17) is 14.2 Å². The smallest absolute Gasteiger partial charge is 0.412 e. The molecule has 0 atom stereocenters. The molecule has 2 rings (SSSR count). The van der Waals surface area contributed by atoms with Gasteiger partial charge >= 0.3 is 6.09 Å². The Bertz CT molecular complexity index is 696. The normalized spacial score (nSPS) is 9.84. The summed E-state index contributed by atoms with van der Waals surface area (Å²) in [7, 11) is 2.96. The first-order valence-corrected chi connectivity index (χ1v) is 7.65. The van der Waals surface area contributed by atoms with Crippen molar-refractivity contribution >= 4 is 12.0 Å². The van der Waals surface area contributed by atoms with Gasteiger partial charge in [-0.05, 0) is 24.3 Å². The van der Waals surface area contributed by atoms with Gasteiger partial charge in [0.2, 0.25) is 0 Å². The molecule has 2 aromatic carbocycles. The third-order valence-electron chi connectivity index (χ3n) is 3.29. The first kappa shape index (κ1) is 18.1. The average Bonchev–Trinajstić information content (AvgIpc) is 2.65. The van der Waals surface area contributed by atoms with Crippen LogP contribution in [0.25, 0.3) is 0 Å². The van der Waals surface area contributed by atoms with Crippen molar-refractivity contribution in [1.82, 2.24) is 10.6 Å². The fraction of sp³-hybridized carbons (Fsp3) is 0.222. The van der Waals surface area contributed by atoms with E-state index in [0.717, 1.165) is 0 Å². The van der Waals surface area contributed by atoms with E-state index in [1.165, 1.54) is 14.2 Å². The number of hydrogen-bond acceptors (Lipinski definition) is 5. The largest absolute Gasteiger partial charge is 0.496 e. The molecule has 0 fully saturated rings. The molecule has 2 N–H and O–H groups in total. The van der Waals surface area contributed by atoms with E-state index in [9.17, 15) is 9.59 Å². The predicted octanol–water partition coefficient (Wildman–Crippen LogP) is 2.22. The molecule has 0 unspecified atom stereocenters. The van der Waals surface area contributed by atoms with Gasteiger partial charge in [-0.2, -0.15) is 0 Å². The molecule has 0 saturated carbocycles. The maximum atomic E-state index is 12.3. The summed E-state index contributed by atoms with van der Waals surface area (Å²) in [5, 5.41) is 5.26. The summed E-state index contributed by atoms with van der Waals surface area (Å²) in [6.07, 6.45) is -0.588. The van der Waals surface area contributed by atoms with Crippen molar-refractivity contribution in [3.8, 4) is 17.2 Å². The van der Waals surface area contributed by atoms with Gasteiger partial charge in [-0.25, -0.2) is 4.79 Å². The van der Waals surface area contributed by atoms with Gasteiger partial charge in [-0.15, -0.1) is 0 Å². The highest BCUT2D eigenvalue weighted by atomic mass is 16.6. The minimum absolute atomic E-state index is 0.217. The molecule has 2 amide bonds. The van der Waals surface area contributed by atoms with E-state index in [1.54, 1.807) is 42.5 Å². The summed E-state index contributed by atoms with van der Waals surface area (Å²) >= 11 is 0.